The molecule has 0 spiro atoms. The van der Waals surface area contributed by atoms with Gasteiger partial charge >= 0.3 is 0 Å². The molecule has 0 aromatic carbocycles. The zero-order chi connectivity index (χ0) is 12.7. The van der Waals surface area contributed by atoms with Gasteiger partial charge in [0.1, 0.15) is 5.82 Å². The summed E-state index contributed by atoms with van der Waals surface area (Å²) in [4.78, 5) is 18.1. The monoisotopic (exact) mass is 267 g/mol. The summed E-state index contributed by atoms with van der Waals surface area (Å²) in [5.74, 6) is 0.216. The Labute approximate surface area is 110 Å². The Morgan fingerprint density at radius 1 is 1.44 bits per heavy atom. The number of ether oxygens (including phenoxy) is 1. The van der Waals surface area contributed by atoms with Crippen LogP contribution < -0.4 is 5.73 Å². The lowest BCUT2D eigenvalue weighted by molar-refractivity contribution is -0.0303. The molecule has 3 rings (SSSR count). The number of nitrogens with two attached hydrogens (primary N) is 1. The van der Waals surface area contributed by atoms with Gasteiger partial charge in [-0.2, -0.15) is 0 Å². The molecule has 2 N–H and O–H groups in total. The number of aromatic nitrogens is 1. The van der Waals surface area contributed by atoms with Crippen LogP contribution in [0.5, 0.6) is 0 Å². The van der Waals surface area contributed by atoms with Crippen LogP contribution in [0.25, 0.3) is 0 Å². The molecule has 2 aliphatic heterocycles. The largest absolute Gasteiger partial charge is 0.384 e. The number of amides is 1. The molecule has 5 nitrogen and oxygen atoms in total. The summed E-state index contributed by atoms with van der Waals surface area (Å²) >= 11 is 6.00. The Bertz CT molecular complexity index is 482. The minimum Gasteiger partial charge on any atom is -0.384 e. The fourth-order valence-corrected chi connectivity index (χ4v) is 2.75. The topological polar surface area (TPSA) is 68.5 Å². The number of halogens is 1. The molecule has 96 valence electrons. The Morgan fingerprint density at radius 3 is 2.78 bits per heavy atom. The number of carbonyl (C=O) groups excluding carboxylic acids is 1. The zero-order valence-corrected chi connectivity index (χ0v) is 10.6. The van der Waals surface area contributed by atoms with Crippen molar-refractivity contribution in [2.24, 2.45) is 0 Å². The average Bonchev–Trinajstić information content (AvgIpc) is 2.70. The van der Waals surface area contributed by atoms with Crippen LogP contribution in [0.1, 0.15) is 23.2 Å². The smallest absolute Gasteiger partial charge is 0.255 e. The van der Waals surface area contributed by atoms with Gasteiger partial charge in [-0.3, -0.25) is 4.79 Å². The van der Waals surface area contributed by atoms with Gasteiger partial charge in [-0.1, -0.05) is 11.6 Å². The van der Waals surface area contributed by atoms with Crippen molar-refractivity contribution >= 4 is 23.3 Å². The van der Waals surface area contributed by atoms with Crippen LogP contribution in [0.15, 0.2) is 12.3 Å². The van der Waals surface area contributed by atoms with Crippen LogP contribution in [0.2, 0.25) is 5.02 Å². The number of nitrogen functional groups attached to an aromatic ring is 1. The van der Waals surface area contributed by atoms with E-state index in [1.165, 1.54) is 12.3 Å². The lowest BCUT2D eigenvalue weighted by Crippen LogP contribution is -2.45. The molecular weight excluding hydrogens is 254 g/mol. The lowest BCUT2D eigenvalue weighted by Gasteiger charge is -2.32. The van der Waals surface area contributed by atoms with E-state index in [0.29, 0.717) is 29.5 Å². The third-order valence-corrected chi connectivity index (χ3v) is 3.74. The first kappa shape index (κ1) is 11.7. The maximum absolute atomic E-state index is 12.4. The van der Waals surface area contributed by atoms with Crippen LogP contribution in [0, 0.1) is 0 Å². The number of hydrogen-bond acceptors (Lipinski definition) is 4. The van der Waals surface area contributed by atoms with Crippen molar-refractivity contribution in [3.05, 3.63) is 22.8 Å². The van der Waals surface area contributed by atoms with Gasteiger partial charge in [0.15, 0.2) is 0 Å². The van der Waals surface area contributed by atoms with Crippen LogP contribution in [-0.4, -0.2) is 41.1 Å². The SMILES string of the molecule is Nc1cc(C(=O)N2CC3CCC(C2)O3)c(Cl)cn1. The quantitative estimate of drug-likeness (QED) is 0.833. The van der Waals surface area contributed by atoms with Gasteiger partial charge in [-0.15, -0.1) is 0 Å². The second-order valence-corrected chi connectivity index (χ2v) is 5.16. The maximum Gasteiger partial charge on any atom is 0.255 e. The molecule has 2 aliphatic rings. The number of rotatable bonds is 1. The van der Waals surface area contributed by atoms with E-state index in [9.17, 15) is 4.79 Å². The van der Waals surface area contributed by atoms with Crippen molar-refractivity contribution in [1.29, 1.82) is 0 Å². The van der Waals surface area contributed by atoms with Gasteiger partial charge in [-0.05, 0) is 18.9 Å². The number of pyridine rings is 1. The minimum atomic E-state index is -0.0886. The van der Waals surface area contributed by atoms with E-state index in [-0.39, 0.29) is 18.1 Å². The molecule has 0 saturated carbocycles. The average molecular weight is 268 g/mol. The number of anilines is 1. The van der Waals surface area contributed by atoms with Crippen LogP contribution in [0.4, 0.5) is 5.82 Å². The van der Waals surface area contributed by atoms with Crippen molar-refractivity contribution in [2.75, 3.05) is 18.8 Å². The Balaban J connectivity index is 1.84. The van der Waals surface area contributed by atoms with Crippen molar-refractivity contribution in [2.45, 2.75) is 25.0 Å². The summed E-state index contributed by atoms with van der Waals surface area (Å²) < 4.78 is 5.70. The van der Waals surface area contributed by atoms with Crippen molar-refractivity contribution < 1.29 is 9.53 Å². The third kappa shape index (κ3) is 2.04. The highest BCUT2D eigenvalue weighted by Crippen LogP contribution is 2.28. The highest BCUT2D eigenvalue weighted by molar-refractivity contribution is 6.33. The second-order valence-electron chi connectivity index (χ2n) is 4.76. The molecule has 0 aliphatic carbocycles. The van der Waals surface area contributed by atoms with Crippen molar-refractivity contribution in [3.63, 3.8) is 0 Å². The lowest BCUT2D eigenvalue weighted by atomic mass is 10.2. The molecule has 1 amide bonds. The van der Waals surface area contributed by atoms with E-state index in [0.717, 1.165) is 12.8 Å². The molecular formula is C12H14ClN3O2. The first-order chi connectivity index (χ1) is 8.63. The van der Waals surface area contributed by atoms with E-state index < -0.39 is 0 Å². The fraction of sp³-hybridized carbons (Fsp3) is 0.500. The van der Waals surface area contributed by atoms with Crippen LogP contribution in [-0.2, 0) is 4.74 Å². The predicted octanol–water partition coefficient (Wildman–Crippen LogP) is 1.32. The first-order valence-electron chi connectivity index (χ1n) is 5.99. The van der Waals surface area contributed by atoms with E-state index in [1.807, 2.05) is 0 Å². The summed E-state index contributed by atoms with van der Waals surface area (Å²) in [6, 6.07) is 1.53. The van der Waals surface area contributed by atoms with Gasteiger partial charge in [0.05, 0.1) is 22.8 Å². The molecule has 0 radical (unpaired) electrons. The summed E-state index contributed by atoms with van der Waals surface area (Å²) in [7, 11) is 0. The number of carbonyl (C=O) groups is 1. The highest BCUT2D eigenvalue weighted by atomic mass is 35.5. The van der Waals surface area contributed by atoms with E-state index in [1.54, 1.807) is 4.90 Å². The molecule has 1 aromatic rings. The van der Waals surface area contributed by atoms with E-state index in [2.05, 4.69) is 4.98 Å². The zero-order valence-electron chi connectivity index (χ0n) is 9.80. The number of morpholine rings is 1. The second kappa shape index (κ2) is 4.40. The molecule has 2 fully saturated rings. The maximum atomic E-state index is 12.4. The Morgan fingerprint density at radius 2 is 2.11 bits per heavy atom. The van der Waals surface area contributed by atoms with Gasteiger partial charge in [0.2, 0.25) is 0 Å². The fourth-order valence-electron chi connectivity index (χ4n) is 2.57. The van der Waals surface area contributed by atoms with Crippen LogP contribution >= 0.6 is 11.6 Å². The molecule has 3 heterocycles. The molecule has 6 heteroatoms. The van der Waals surface area contributed by atoms with Crippen molar-refractivity contribution in [1.82, 2.24) is 9.88 Å². The van der Waals surface area contributed by atoms with Gasteiger partial charge < -0.3 is 15.4 Å². The molecule has 2 unspecified atom stereocenters. The molecule has 2 bridgehead atoms. The number of likely N-dealkylation sites (tertiary alicyclic amines) is 1. The summed E-state index contributed by atoms with van der Waals surface area (Å²) in [5, 5.41) is 0.341. The van der Waals surface area contributed by atoms with Crippen molar-refractivity contribution in [3.8, 4) is 0 Å². The van der Waals surface area contributed by atoms with Gasteiger partial charge in [-0.25, -0.2) is 4.98 Å². The first-order valence-corrected chi connectivity index (χ1v) is 6.37. The molecule has 18 heavy (non-hydrogen) atoms. The standard InChI is InChI=1S/C12H14ClN3O2/c13-10-4-15-11(14)3-9(10)12(17)16-5-7-1-2-8(6-16)18-7/h3-4,7-8H,1-2,5-6H2,(H2,14,15). The van der Waals surface area contributed by atoms with E-state index in [4.69, 9.17) is 22.1 Å². The number of nitrogens with zero attached hydrogens (tertiary/aromatic N) is 2. The third-order valence-electron chi connectivity index (χ3n) is 3.44. The molecule has 1 aromatic heterocycles. The normalized spacial score (nSPS) is 26.4. The molecule has 2 atom stereocenters. The summed E-state index contributed by atoms with van der Waals surface area (Å²) in [5.41, 5.74) is 6.02. The molecule has 2 saturated heterocycles. The summed E-state index contributed by atoms with van der Waals surface area (Å²) in [6.45, 7) is 1.27. The van der Waals surface area contributed by atoms with Gasteiger partial charge in [0.25, 0.3) is 5.91 Å². The van der Waals surface area contributed by atoms with Crippen LogP contribution in [0.3, 0.4) is 0 Å². The highest BCUT2D eigenvalue weighted by Gasteiger charge is 2.36. The predicted molar refractivity (Wildman–Crippen MR) is 67.5 cm³/mol. The Hall–Kier alpha value is -1.33. The van der Waals surface area contributed by atoms with Gasteiger partial charge in [0, 0.05) is 19.3 Å². The number of hydrogen-bond donors (Lipinski definition) is 1. The van der Waals surface area contributed by atoms with E-state index >= 15 is 0 Å². The Kier molecular flexibility index (Phi) is 2.87. The number of fused-ring (bicyclic) bond motifs is 2. The summed E-state index contributed by atoms with van der Waals surface area (Å²) in [6.07, 6.45) is 3.82. The minimum absolute atomic E-state index is 0.0886.